The highest BCUT2D eigenvalue weighted by molar-refractivity contribution is 5.47. The van der Waals surface area contributed by atoms with Crippen LogP contribution in [0.2, 0.25) is 0 Å². The smallest absolute Gasteiger partial charge is 0.227 e. The van der Waals surface area contributed by atoms with Crippen molar-refractivity contribution in [2.45, 2.75) is 19.8 Å². The zero-order chi connectivity index (χ0) is 14.7. The van der Waals surface area contributed by atoms with Crippen LogP contribution in [0, 0.1) is 6.92 Å². The Morgan fingerprint density at radius 3 is 2.62 bits per heavy atom. The normalized spacial score (nSPS) is 10.7. The van der Waals surface area contributed by atoms with Gasteiger partial charge in [-0.25, -0.2) is 9.97 Å². The van der Waals surface area contributed by atoms with Crippen molar-refractivity contribution in [2.75, 3.05) is 5.73 Å². The molecule has 0 aliphatic carbocycles. The van der Waals surface area contributed by atoms with Gasteiger partial charge in [-0.05, 0) is 37.1 Å². The third kappa shape index (κ3) is 3.22. The molecule has 106 valence electrons. The number of anilines is 1. The van der Waals surface area contributed by atoms with Crippen LogP contribution in [-0.2, 0) is 12.8 Å². The van der Waals surface area contributed by atoms with Crippen LogP contribution < -0.4 is 5.73 Å². The van der Waals surface area contributed by atoms with E-state index in [0.29, 0.717) is 29.7 Å². The molecule has 21 heavy (non-hydrogen) atoms. The Labute approximate surface area is 122 Å². The third-order valence-corrected chi connectivity index (χ3v) is 3.08. The largest absolute Gasteiger partial charge is 0.399 e. The molecule has 0 spiro atoms. The van der Waals surface area contributed by atoms with E-state index in [0.717, 1.165) is 12.1 Å². The summed E-state index contributed by atoms with van der Waals surface area (Å²) in [6, 6.07) is 9.54. The number of hydrogen-bond donors (Lipinski definition) is 1. The van der Waals surface area contributed by atoms with Gasteiger partial charge >= 0.3 is 0 Å². The van der Waals surface area contributed by atoms with Crippen molar-refractivity contribution in [3.63, 3.8) is 0 Å². The van der Waals surface area contributed by atoms with Crippen molar-refractivity contribution in [2.24, 2.45) is 0 Å². The van der Waals surface area contributed by atoms with Crippen LogP contribution in [0.15, 0.2) is 41.1 Å². The highest BCUT2D eigenvalue weighted by atomic mass is 16.5. The lowest BCUT2D eigenvalue weighted by Crippen LogP contribution is -1.94. The molecule has 2 aromatic heterocycles. The van der Waals surface area contributed by atoms with Crippen LogP contribution in [0.3, 0.4) is 0 Å². The Morgan fingerprint density at radius 2 is 1.86 bits per heavy atom. The second kappa shape index (κ2) is 5.70. The Balaban J connectivity index is 1.69. The zero-order valence-corrected chi connectivity index (χ0v) is 11.7. The number of nitrogens with zero attached hydrogens (tertiary/aromatic N) is 4. The molecule has 0 bridgehead atoms. The SMILES string of the molecule is Cc1nccc(-c2noc(CCc3ccc(N)cc3)n2)n1. The Morgan fingerprint density at radius 1 is 1.05 bits per heavy atom. The monoisotopic (exact) mass is 281 g/mol. The minimum atomic E-state index is 0.493. The van der Waals surface area contributed by atoms with Crippen molar-refractivity contribution >= 4 is 5.69 Å². The molecule has 6 nitrogen and oxygen atoms in total. The molecule has 0 atom stereocenters. The molecule has 0 saturated carbocycles. The first-order valence-corrected chi connectivity index (χ1v) is 6.68. The van der Waals surface area contributed by atoms with Crippen LogP contribution in [0.25, 0.3) is 11.5 Å². The highest BCUT2D eigenvalue weighted by Crippen LogP contribution is 2.14. The lowest BCUT2D eigenvalue weighted by atomic mass is 10.1. The molecular formula is C15H15N5O. The number of aryl methyl sites for hydroxylation is 3. The Bertz CT molecular complexity index is 736. The van der Waals surface area contributed by atoms with E-state index in [-0.39, 0.29) is 0 Å². The van der Waals surface area contributed by atoms with Gasteiger partial charge in [-0.3, -0.25) is 0 Å². The van der Waals surface area contributed by atoms with E-state index in [1.807, 2.05) is 31.2 Å². The highest BCUT2D eigenvalue weighted by Gasteiger charge is 2.10. The average Bonchev–Trinajstić information content (AvgIpc) is 2.96. The summed E-state index contributed by atoms with van der Waals surface area (Å²) in [5.41, 5.74) is 8.28. The first-order chi connectivity index (χ1) is 10.2. The molecule has 0 fully saturated rings. The van der Waals surface area contributed by atoms with E-state index in [2.05, 4.69) is 20.1 Å². The molecule has 0 amide bonds. The molecule has 6 heteroatoms. The van der Waals surface area contributed by atoms with Gasteiger partial charge in [0.1, 0.15) is 11.5 Å². The summed E-state index contributed by atoms with van der Waals surface area (Å²) >= 11 is 0. The van der Waals surface area contributed by atoms with Crippen LogP contribution in [0.4, 0.5) is 5.69 Å². The molecule has 0 unspecified atom stereocenters. The van der Waals surface area contributed by atoms with Gasteiger partial charge in [-0.15, -0.1) is 0 Å². The molecule has 3 rings (SSSR count). The second-order valence-electron chi connectivity index (χ2n) is 4.74. The predicted molar refractivity (Wildman–Crippen MR) is 78.3 cm³/mol. The van der Waals surface area contributed by atoms with E-state index < -0.39 is 0 Å². The van der Waals surface area contributed by atoms with Crippen LogP contribution >= 0.6 is 0 Å². The molecule has 0 aliphatic heterocycles. The second-order valence-corrected chi connectivity index (χ2v) is 4.74. The van der Waals surface area contributed by atoms with E-state index in [1.165, 1.54) is 5.56 Å². The quantitative estimate of drug-likeness (QED) is 0.737. The summed E-state index contributed by atoms with van der Waals surface area (Å²) in [5, 5.41) is 3.96. The maximum atomic E-state index is 5.66. The van der Waals surface area contributed by atoms with Crippen LogP contribution in [0.1, 0.15) is 17.3 Å². The summed E-state index contributed by atoms with van der Waals surface area (Å²) in [6.07, 6.45) is 3.19. The molecule has 1 aromatic carbocycles. The van der Waals surface area contributed by atoms with Crippen LogP contribution in [-0.4, -0.2) is 20.1 Å². The van der Waals surface area contributed by atoms with Crippen LogP contribution in [0.5, 0.6) is 0 Å². The maximum Gasteiger partial charge on any atom is 0.227 e. The van der Waals surface area contributed by atoms with Gasteiger partial charge in [0.25, 0.3) is 0 Å². The zero-order valence-electron chi connectivity index (χ0n) is 11.7. The van der Waals surface area contributed by atoms with Gasteiger partial charge < -0.3 is 10.3 Å². The number of aromatic nitrogens is 4. The Kier molecular flexibility index (Phi) is 3.59. The number of rotatable bonds is 4. The van der Waals surface area contributed by atoms with Crippen molar-refractivity contribution in [3.05, 3.63) is 53.8 Å². The van der Waals surface area contributed by atoms with Gasteiger partial charge in [0, 0.05) is 18.3 Å². The number of benzene rings is 1. The summed E-state index contributed by atoms with van der Waals surface area (Å²) in [7, 11) is 0. The van der Waals surface area contributed by atoms with Crippen molar-refractivity contribution in [1.82, 2.24) is 20.1 Å². The molecule has 0 aliphatic rings. The fourth-order valence-corrected chi connectivity index (χ4v) is 1.98. The third-order valence-electron chi connectivity index (χ3n) is 3.08. The first-order valence-electron chi connectivity index (χ1n) is 6.68. The number of nitrogen functional groups attached to an aromatic ring is 1. The summed E-state index contributed by atoms with van der Waals surface area (Å²) in [5.74, 6) is 1.77. The minimum Gasteiger partial charge on any atom is -0.399 e. The van der Waals surface area contributed by atoms with E-state index in [9.17, 15) is 0 Å². The van der Waals surface area contributed by atoms with E-state index in [4.69, 9.17) is 10.3 Å². The maximum absolute atomic E-state index is 5.66. The van der Waals surface area contributed by atoms with Crippen molar-refractivity contribution in [1.29, 1.82) is 0 Å². The molecule has 3 aromatic rings. The van der Waals surface area contributed by atoms with Gasteiger partial charge in [-0.2, -0.15) is 4.98 Å². The molecule has 2 heterocycles. The molecule has 2 N–H and O–H groups in total. The number of hydrogen-bond acceptors (Lipinski definition) is 6. The molecule has 0 saturated heterocycles. The fraction of sp³-hybridized carbons (Fsp3) is 0.200. The van der Waals surface area contributed by atoms with Gasteiger partial charge in [0.15, 0.2) is 0 Å². The predicted octanol–water partition coefficient (Wildman–Crippen LogP) is 2.20. The topological polar surface area (TPSA) is 90.7 Å². The van der Waals surface area contributed by atoms with E-state index >= 15 is 0 Å². The summed E-state index contributed by atoms with van der Waals surface area (Å²) in [4.78, 5) is 12.7. The van der Waals surface area contributed by atoms with Gasteiger partial charge in [0.2, 0.25) is 11.7 Å². The Hall–Kier alpha value is -2.76. The minimum absolute atomic E-state index is 0.493. The average molecular weight is 281 g/mol. The first kappa shape index (κ1) is 13.2. The lowest BCUT2D eigenvalue weighted by molar-refractivity contribution is 0.378. The lowest BCUT2D eigenvalue weighted by Gasteiger charge is -1.98. The standard InChI is InChI=1S/C15H15N5O/c1-10-17-9-8-13(18-10)15-19-14(21-20-15)7-4-11-2-5-12(16)6-3-11/h2-3,5-6,8-9H,4,7,16H2,1H3. The molecule has 0 radical (unpaired) electrons. The van der Waals surface area contributed by atoms with Gasteiger partial charge in [0.05, 0.1) is 0 Å². The van der Waals surface area contributed by atoms with Crippen molar-refractivity contribution < 1.29 is 4.52 Å². The number of nitrogens with two attached hydrogens (primary N) is 1. The fourth-order valence-electron chi connectivity index (χ4n) is 1.98. The van der Waals surface area contributed by atoms with E-state index in [1.54, 1.807) is 12.3 Å². The van der Waals surface area contributed by atoms with Crippen molar-refractivity contribution in [3.8, 4) is 11.5 Å². The molecular weight excluding hydrogens is 266 g/mol. The van der Waals surface area contributed by atoms with Gasteiger partial charge in [-0.1, -0.05) is 17.3 Å². The summed E-state index contributed by atoms with van der Waals surface area (Å²) in [6.45, 7) is 1.82. The summed E-state index contributed by atoms with van der Waals surface area (Å²) < 4.78 is 5.26.